The van der Waals surface area contributed by atoms with Gasteiger partial charge in [0.05, 0.1) is 5.92 Å². The van der Waals surface area contributed by atoms with Gasteiger partial charge in [0, 0.05) is 13.1 Å². The van der Waals surface area contributed by atoms with Crippen LogP contribution >= 0.6 is 0 Å². The van der Waals surface area contributed by atoms with Crippen molar-refractivity contribution >= 4 is 12.0 Å². The lowest BCUT2D eigenvalue weighted by Crippen LogP contribution is -2.41. The average molecular weight is 270 g/mol. The topological polar surface area (TPSA) is 78.4 Å². The largest absolute Gasteiger partial charge is 0.481 e. The molecule has 3 atom stereocenters. The molecule has 0 radical (unpaired) electrons. The molecule has 1 fully saturated rings. The highest BCUT2D eigenvalue weighted by atomic mass is 16.4. The highest BCUT2D eigenvalue weighted by Gasteiger charge is 2.32. The van der Waals surface area contributed by atoms with E-state index < -0.39 is 5.97 Å². The third-order valence-corrected chi connectivity index (χ3v) is 4.22. The molecule has 0 aromatic heterocycles. The molecule has 0 spiro atoms. The maximum atomic E-state index is 11.6. The highest BCUT2D eigenvalue weighted by molar-refractivity contribution is 5.74. The predicted molar refractivity (Wildman–Crippen MR) is 73.9 cm³/mol. The van der Waals surface area contributed by atoms with E-state index in [0.29, 0.717) is 24.9 Å². The van der Waals surface area contributed by atoms with Gasteiger partial charge in [-0.05, 0) is 30.6 Å². The Kier molecular flexibility index (Phi) is 6.12. The Morgan fingerprint density at radius 2 is 1.89 bits per heavy atom. The summed E-state index contributed by atoms with van der Waals surface area (Å²) in [6, 6.07) is -0.191. The SMILES string of the molecule is CC(C)C(C)CNC(=O)NCC1CCCC1C(=O)O. The Morgan fingerprint density at radius 3 is 2.47 bits per heavy atom. The van der Waals surface area contributed by atoms with Crippen molar-refractivity contribution in [3.05, 3.63) is 0 Å². The van der Waals surface area contributed by atoms with Crippen LogP contribution in [0.2, 0.25) is 0 Å². The van der Waals surface area contributed by atoms with Gasteiger partial charge in [0.2, 0.25) is 0 Å². The second-order valence-corrected chi connectivity index (χ2v) is 5.95. The molecule has 0 aliphatic heterocycles. The van der Waals surface area contributed by atoms with Gasteiger partial charge in [0.15, 0.2) is 0 Å². The van der Waals surface area contributed by atoms with E-state index in [1.807, 2.05) is 0 Å². The highest BCUT2D eigenvalue weighted by Crippen LogP contribution is 2.31. The molecule has 0 aromatic carbocycles. The van der Waals surface area contributed by atoms with E-state index in [4.69, 9.17) is 5.11 Å². The van der Waals surface area contributed by atoms with Crippen molar-refractivity contribution in [2.75, 3.05) is 13.1 Å². The Labute approximate surface area is 115 Å². The lowest BCUT2D eigenvalue weighted by molar-refractivity contribution is -0.142. The summed E-state index contributed by atoms with van der Waals surface area (Å²) in [5.74, 6) is 0.00863. The Hall–Kier alpha value is -1.26. The molecule has 1 saturated carbocycles. The van der Waals surface area contributed by atoms with Crippen molar-refractivity contribution in [1.29, 1.82) is 0 Å². The molecule has 3 unspecified atom stereocenters. The van der Waals surface area contributed by atoms with Crippen molar-refractivity contribution in [3.63, 3.8) is 0 Å². The molecule has 2 amide bonds. The molecule has 1 rings (SSSR count). The second-order valence-electron chi connectivity index (χ2n) is 5.95. The fourth-order valence-corrected chi connectivity index (χ4v) is 2.38. The minimum Gasteiger partial charge on any atom is -0.481 e. The second kappa shape index (κ2) is 7.36. The number of nitrogens with one attached hydrogen (secondary N) is 2. The van der Waals surface area contributed by atoms with Gasteiger partial charge in [0.1, 0.15) is 0 Å². The first kappa shape index (κ1) is 15.8. The van der Waals surface area contributed by atoms with Gasteiger partial charge in [-0.15, -0.1) is 0 Å². The first-order valence-corrected chi connectivity index (χ1v) is 7.16. The van der Waals surface area contributed by atoms with Gasteiger partial charge in [-0.25, -0.2) is 4.79 Å². The van der Waals surface area contributed by atoms with Crippen LogP contribution in [-0.2, 0) is 4.79 Å². The Balaban J connectivity index is 2.25. The average Bonchev–Trinajstić information content (AvgIpc) is 2.81. The van der Waals surface area contributed by atoms with Gasteiger partial charge in [-0.3, -0.25) is 4.79 Å². The minimum absolute atomic E-state index is 0.0748. The monoisotopic (exact) mass is 270 g/mol. The van der Waals surface area contributed by atoms with Crippen LogP contribution in [-0.4, -0.2) is 30.2 Å². The number of carbonyl (C=O) groups excluding carboxylic acids is 1. The zero-order valence-electron chi connectivity index (χ0n) is 12.1. The van der Waals surface area contributed by atoms with Crippen molar-refractivity contribution in [1.82, 2.24) is 10.6 Å². The summed E-state index contributed by atoms with van der Waals surface area (Å²) >= 11 is 0. The summed E-state index contributed by atoms with van der Waals surface area (Å²) in [5, 5.41) is 14.7. The maximum Gasteiger partial charge on any atom is 0.314 e. The van der Waals surface area contributed by atoms with Crippen molar-refractivity contribution in [2.24, 2.45) is 23.7 Å². The van der Waals surface area contributed by atoms with Gasteiger partial charge >= 0.3 is 12.0 Å². The summed E-state index contributed by atoms with van der Waals surface area (Å²) in [6.07, 6.45) is 2.56. The summed E-state index contributed by atoms with van der Waals surface area (Å²) in [5.41, 5.74) is 0. The van der Waals surface area contributed by atoms with Crippen LogP contribution in [0.3, 0.4) is 0 Å². The molecule has 1 aliphatic carbocycles. The molecule has 110 valence electrons. The third kappa shape index (κ3) is 5.09. The third-order valence-electron chi connectivity index (χ3n) is 4.22. The Morgan fingerprint density at radius 1 is 1.21 bits per heavy atom. The van der Waals surface area contributed by atoms with Crippen LogP contribution in [0.4, 0.5) is 4.79 Å². The van der Waals surface area contributed by atoms with E-state index in [1.54, 1.807) is 0 Å². The fraction of sp³-hybridized carbons (Fsp3) is 0.857. The molecule has 3 N–H and O–H groups in total. The summed E-state index contributed by atoms with van der Waals surface area (Å²) in [7, 11) is 0. The molecule has 5 heteroatoms. The van der Waals surface area contributed by atoms with E-state index in [0.717, 1.165) is 19.3 Å². The van der Waals surface area contributed by atoms with Gasteiger partial charge < -0.3 is 15.7 Å². The molecule has 0 aromatic rings. The lowest BCUT2D eigenvalue weighted by Gasteiger charge is -2.19. The minimum atomic E-state index is -0.738. The number of carboxylic acid groups (broad SMARTS) is 1. The standard InChI is InChI=1S/C14H26N2O3/c1-9(2)10(3)7-15-14(19)16-8-11-5-4-6-12(11)13(17)18/h9-12H,4-8H2,1-3H3,(H,17,18)(H2,15,16,19). The molecule has 0 bridgehead atoms. The van der Waals surface area contributed by atoms with Crippen LogP contribution in [0.1, 0.15) is 40.0 Å². The summed E-state index contributed by atoms with van der Waals surface area (Å²) in [4.78, 5) is 22.7. The van der Waals surface area contributed by atoms with E-state index >= 15 is 0 Å². The van der Waals surface area contributed by atoms with Crippen LogP contribution in [0, 0.1) is 23.7 Å². The smallest absolute Gasteiger partial charge is 0.314 e. The molecular formula is C14H26N2O3. The number of aliphatic carboxylic acids is 1. The molecule has 1 aliphatic rings. The van der Waals surface area contributed by atoms with Gasteiger partial charge in [-0.1, -0.05) is 27.2 Å². The number of carboxylic acids is 1. The quantitative estimate of drug-likeness (QED) is 0.691. The molecule has 5 nitrogen and oxygen atoms in total. The molecule has 0 heterocycles. The zero-order valence-corrected chi connectivity index (χ0v) is 12.1. The van der Waals surface area contributed by atoms with Crippen molar-refractivity contribution in [3.8, 4) is 0 Å². The number of amides is 2. The van der Waals surface area contributed by atoms with E-state index in [-0.39, 0.29) is 17.9 Å². The number of hydrogen-bond acceptors (Lipinski definition) is 2. The van der Waals surface area contributed by atoms with E-state index in [9.17, 15) is 9.59 Å². The van der Waals surface area contributed by atoms with Crippen molar-refractivity contribution in [2.45, 2.75) is 40.0 Å². The van der Waals surface area contributed by atoms with Crippen molar-refractivity contribution < 1.29 is 14.7 Å². The number of urea groups is 1. The number of carbonyl (C=O) groups is 2. The first-order valence-electron chi connectivity index (χ1n) is 7.16. The Bertz CT molecular complexity index is 318. The van der Waals surface area contributed by atoms with Crippen LogP contribution in [0.25, 0.3) is 0 Å². The van der Waals surface area contributed by atoms with E-state index in [2.05, 4.69) is 31.4 Å². The normalized spacial score (nSPS) is 24.2. The van der Waals surface area contributed by atoms with Gasteiger partial charge in [-0.2, -0.15) is 0 Å². The lowest BCUT2D eigenvalue weighted by atomic mass is 9.96. The predicted octanol–water partition coefficient (Wildman–Crippen LogP) is 2.08. The molecule has 0 saturated heterocycles. The van der Waals surface area contributed by atoms with Crippen LogP contribution in [0.5, 0.6) is 0 Å². The molecule has 19 heavy (non-hydrogen) atoms. The zero-order chi connectivity index (χ0) is 14.4. The summed E-state index contributed by atoms with van der Waals surface area (Å²) < 4.78 is 0. The maximum absolute atomic E-state index is 11.6. The molecular weight excluding hydrogens is 244 g/mol. The van der Waals surface area contributed by atoms with E-state index in [1.165, 1.54) is 0 Å². The fourth-order valence-electron chi connectivity index (χ4n) is 2.38. The van der Waals surface area contributed by atoms with Gasteiger partial charge in [0.25, 0.3) is 0 Å². The van der Waals surface area contributed by atoms with Crippen LogP contribution in [0.15, 0.2) is 0 Å². The number of rotatable bonds is 6. The first-order chi connectivity index (χ1) is 8.91. The number of hydrogen-bond donors (Lipinski definition) is 3. The summed E-state index contributed by atoms with van der Waals surface area (Å²) in [6.45, 7) is 7.46. The van der Waals surface area contributed by atoms with Crippen LogP contribution < -0.4 is 10.6 Å².